The Morgan fingerprint density at radius 3 is 2.62 bits per heavy atom. The lowest BCUT2D eigenvalue weighted by Gasteiger charge is -2.16. The molecule has 8 heteroatoms. The van der Waals surface area contributed by atoms with Crippen LogP contribution in [0.2, 0.25) is 0 Å². The van der Waals surface area contributed by atoms with E-state index >= 15 is 0 Å². The summed E-state index contributed by atoms with van der Waals surface area (Å²) < 4.78 is 45.3. The lowest BCUT2D eigenvalue weighted by molar-refractivity contribution is 0.275. The van der Waals surface area contributed by atoms with Gasteiger partial charge in [0.05, 0.1) is 3.79 Å². The second kappa shape index (κ2) is 6.87. The number of nitrogens with zero attached hydrogens (tertiary/aromatic N) is 1. The predicted molar refractivity (Wildman–Crippen MR) is 83.7 cm³/mol. The van der Waals surface area contributed by atoms with Gasteiger partial charge in [-0.15, -0.1) is 11.3 Å². The zero-order valence-electron chi connectivity index (χ0n) is 11.1. The van der Waals surface area contributed by atoms with E-state index in [0.717, 1.165) is 15.1 Å². The van der Waals surface area contributed by atoms with Crippen molar-refractivity contribution < 1.29 is 17.5 Å². The van der Waals surface area contributed by atoms with E-state index in [2.05, 4.69) is 15.9 Å². The number of thiophene rings is 1. The van der Waals surface area contributed by atoms with E-state index in [1.54, 1.807) is 18.2 Å². The molecule has 0 aliphatic heterocycles. The highest BCUT2D eigenvalue weighted by molar-refractivity contribution is 9.11. The van der Waals surface area contributed by atoms with Crippen LogP contribution in [-0.2, 0) is 10.0 Å². The molecule has 1 heterocycles. The number of halogens is 2. The third-order valence-electron chi connectivity index (χ3n) is 2.71. The molecule has 0 saturated heterocycles. The Balaban J connectivity index is 1.96. The number of benzene rings is 1. The highest BCUT2D eigenvalue weighted by Gasteiger charge is 2.22. The molecule has 0 atom stereocenters. The zero-order valence-corrected chi connectivity index (χ0v) is 14.3. The summed E-state index contributed by atoms with van der Waals surface area (Å²) in [6.07, 6.45) is 0. The minimum absolute atomic E-state index is 0.0726. The summed E-state index contributed by atoms with van der Waals surface area (Å²) in [5.41, 5.74) is 0. The molecule has 21 heavy (non-hydrogen) atoms. The number of hydrogen-bond acceptors (Lipinski definition) is 4. The molecule has 0 aliphatic rings. The van der Waals surface area contributed by atoms with Gasteiger partial charge < -0.3 is 4.74 Å². The van der Waals surface area contributed by atoms with Crippen LogP contribution in [0.3, 0.4) is 0 Å². The topological polar surface area (TPSA) is 46.6 Å². The molecular weight excluding hydrogens is 381 g/mol. The normalized spacial score (nSPS) is 11.8. The van der Waals surface area contributed by atoms with E-state index in [4.69, 9.17) is 4.74 Å². The number of para-hydroxylation sites is 1. The molecule has 0 saturated carbocycles. The van der Waals surface area contributed by atoms with Gasteiger partial charge in [0.25, 0.3) is 10.0 Å². The van der Waals surface area contributed by atoms with Crippen LogP contribution in [0.1, 0.15) is 0 Å². The third kappa shape index (κ3) is 4.03. The Kier molecular flexibility index (Phi) is 5.37. The van der Waals surface area contributed by atoms with Gasteiger partial charge in [0.15, 0.2) is 11.6 Å². The van der Waals surface area contributed by atoms with Crippen LogP contribution in [0.15, 0.2) is 44.4 Å². The van der Waals surface area contributed by atoms with Crippen LogP contribution in [0.25, 0.3) is 0 Å². The number of ether oxygens (including phenoxy) is 1. The van der Waals surface area contributed by atoms with E-state index in [1.165, 1.54) is 29.6 Å². The lowest BCUT2D eigenvalue weighted by Crippen LogP contribution is -2.30. The fourth-order valence-electron chi connectivity index (χ4n) is 1.56. The van der Waals surface area contributed by atoms with Crippen LogP contribution >= 0.6 is 27.3 Å². The minimum Gasteiger partial charge on any atom is -0.489 e. The SMILES string of the molecule is CN(CCOc1ccccc1F)S(=O)(=O)c1ccc(Br)s1. The Bertz CT molecular complexity index is 718. The first kappa shape index (κ1) is 16.4. The largest absolute Gasteiger partial charge is 0.489 e. The first-order chi connectivity index (χ1) is 9.91. The van der Waals surface area contributed by atoms with Gasteiger partial charge in [-0.25, -0.2) is 12.8 Å². The van der Waals surface area contributed by atoms with Gasteiger partial charge in [0, 0.05) is 13.6 Å². The molecule has 0 amide bonds. The first-order valence-electron chi connectivity index (χ1n) is 6.00. The monoisotopic (exact) mass is 393 g/mol. The van der Waals surface area contributed by atoms with Gasteiger partial charge in [0.1, 0.15) is 10.8 Å². The molecule has 0 spiro atoms. The maximum atomic E-state index is 13.4. The van der Waals surface area contributed by atoms with Crippen LogP contribution in [0.4, 0.5) is 4.39 Å². The average molecular weight is 394 g/mol. The first-order valence-corrected chi connectivity index (χ1v) is 9.05. The molecule has 0 radical (unpaired) electrons. The quantitative estimate of drug-likeness (QED) is 0.755. The van der Waals surface area contributed by atoms with Gasteiger partial charge >= 0.3 is 0 Å². The summed E-state index contributed by atoms with van der Waals surface area (Å²) in [6.45, 7) is 0.204. The summed E-state index contributed by atoms with van der Waals surface area (Å²) in [5.74, 6) is -0.354. The van der Waals surface area contributed by atoms with Crippen LogP contribution in [0, 0.1) is 5.82 Å². The standard InChI is InChI=1S/C13H13BrFNO3S2/c1-16(21(17,18)13-7-6-12(14)20-13)8-9-19-11-5-3-2-4-10(11)15/h2-7H,8-9H2,1H3. The molecule has 114 valence electrons. The molecular formula is C13H13BrFNO3S2. The molecule has 4 nitrogen and oxygen atoms in total. The maximum absolute atomic E-state index is 13.4. The summed E-state index contributed by atoms with van der Waals surface area (Å²) in [4.78, 5) is 0. The summed E-state index contributed by atoms with van der Waals surface area (Å²) in [7, 11) is -2.07. The van der Waals surface area contributed by atoms with Crippen molar-refractivity contribution in [2.45, 2.75) is 4.21 Å². The van der Waals surface area contributed by atoms with Gasteiger partial charge in [-0.3, -0.25) is 0 Å². The predicted octanol–water partition coefficient (Wildman–Crippen LogP) is 3.35. The van der Waals surface area contributed by atoms with Crippen molar-refractivity contribution in [3.63, 3.8) is 0 Å². The van der Waals surface area contributed by atoms with E-state index < -0.39 is 15.8 Å². The summed E-state index contributed by atoms with van der Waals surface area (Å²) in [6, 6.07) is 9.23. The fraction of sp³-hybridized carbons (Fsp3) is 0.231. The van der Waals surface area contributed by atoms with Crippen molar-refractivity contribution in [3.8, 4) is 5.75 Å². The molecule has 2 aromatic rings. The molecule has 0 bridgehead atoms. The Morgan fingerprint density at radius 1 is 1.29 bits per heavy atom. The minimum atomic E-state index is -3.53. The molecule has 0 fully saturated rings. The molecule has 0 aliphatic carbocycles. The lowest BCUT2D eigenvalue weighted by atomic mass is 10.3. The van der Waals surface area contributed by atoms with Crippen LogP contribution < -0.4 is 4.74 Å². The molecule has 0 unspecified atom stereocenters. The van der Waals surface area contributed by atoms with Crippen molar-refractivity contribution in [1.82, 2.24) is 4.31 Å². The Labute approximate surface area is 135 Å². The number of hydrogen-bond donors (Lipinski definition) is 0. The van der Waals surface area contributed by atoms with Gasteiger partial charge in [-0.05, 0) is 40.2 Å². The van der Waals surface area contributed by atoms with Crippen molar-refractivity contribution in [2.75, 3.05) is 20.2 Å². The fourth-order valence-corrected chi connectivity index (χ4v) is 4.93. The molecule has 2 rings (SSSR count). The molecule has 1 aromatic heterocycles. The van der Waals surface area contributed by atoms with Gasteiger partial charge in [-0.2, -0.15) is 4.31 Å². The number of sulfonamides is 1. The van der Waals surface area contributed by atoms with Crippen molar-refractivity contribution in [1.29, 1.82) is 0 Å². The highest BCUT2D eigenvalue weighted by atomic mass is 79.9. The van der Waals surface area contributed by atoms with E-state index in [1.807, 2.05) is 0 Å². The Hall–Kier alpha value is -0.960. The van der Waals surface area contributed by atoms with Gasteiger partial charge in [-0.1, -0.05) is 12.1 Å². The second-order valence-electron chi connectivity index (χ2n) is 4.16. The summed E-state index contributed by atoms with van der Waals surface area (Å²) in [5, 5.41) is 0. The van der Waals surface area contributed by atoms with Crippen LogP contribution in [-0.4, -0.2) is 32.9 Å². The van der Waals surface area contributed by atoms with Crippen LogP contribution in [0.5, 0.6) is 5.75 Å². The molecule has 0 N–H and O–H groups in total. The highest BCUT2D eigenvalue weighted by Crippen LogP contribution is 2.27. The Morgan fingerprint density at radius 2 is 2.00 bits per heavy atom. The van der Waals surface area contributed by atoms with E-state index in [9.17, 15) is 12.8 Å². The number of likely N-dealkylation sites (N-methyl/N-ethyl adjacent to an activating group) is 1. The number of rotatable bonds is 6. The summed E-state index contributed by atoms with van der Waals surface area (Å²) >= 11 is 4.38. The van der Waals surface area contributed by atoms with Crippen molar-refractivity contribution in [3.05, 3.63) is 46.0 Å². The maximum Gasteiger partial charge on any atom is 0.252 e. The average Bonchev–Trinajstić information content (AvgIpc) is 2.88. The smallest absolute Gasteiger partial charge is 0.252 e. The molecule has 1 aromatic carbocycles. The van der Waals surface area contributed by atoms with Crippen molar-refractivity contribution in [2.24, 2.45) is 0 Å². The zero-order chi connectivity index (χ0) is 15.5. The van der Waals surface area contributed by atoms with Gasteiger partial charge in [0.2, 0.25) is 0 Å². The van der Waals surface area contributed by atoms with Crippen molar-refractivity contribution >= 4 is 37.3 Å². The van der Waals surface area contributed by atoms with E-state index in [-0.39, 0.29) is 23.1 Å². The van der Waals surface area contributed by atoms with E-state index in [0.29, 0.717) is 0 Å². The second-order valence-corrected chi connectivity index (χ2v) is 8.90. The third-order valence-corrected chi connectivity index (χ3v) is 6.66.